The summed E-state index contributed by atoms with van der Waals surface area (Å²) >= 11 is 0. The van der Waals surface area contributed by atoms with Crippen LogP contribution in [-0.4, -0.2) is 43.0 Å². The highest BCUT2D eigenvalue weighted by molar-refractivity contribution is 5.86. The maximum Gasteiger partial charge on any atom is 0.242 e. The quantitative estimate of drug-likeness (QED) is 0.570. The largest absolute Gasteiger partial charge is 0.491 e. The second-order valence-electron chi connectivity index (χ2n) is 7.89. The van der Waals surface area contributed by atoms with E-state index in [-0.39, 0.29) is 18.6 Å². The molecule has 30 heavy (non-hydrogen) atoms. The Bertz CT molecular complexity index is 908. The minimum atomic E-state index is 0.0756. The van der Waals surface area contributed by atoms with Crippen molar-refractivity contribution in [1.29, 1.82) is 0 Å². The monoisotopic (exact) mass is 408 g/mol. The van der Waals surface area contributed by atoms with Gasteiger partial charge in [0.2, 0.25) is 5.91 Å². The summed E-state index contributed by atoms with van der Waals surface area (Å²) in [6, 6.07) is 14.5. The Morgan fingerprint density at radius 2 is 1.93 bits per heavy atom. The number of fused-ring (bicyclic) bond motifs is 1. The first-order chi connectivity index (χ1) is 14.5. The summed E-state index contributed by atoms with van der Waals surface area (Å²) < 4.78 is 5.94. The minimum absolute atomic E-state index is 0.0756. The summed E-state index contributed by atoms with van der Waals surface area (Å²) in [5, 5.41) is 6.42. The van der Waals surface area contributed by atoms with Crippen LogP contribution in [0.15, 0.2) is 47.5 Å². The van der Waals surface area contributed by atoms with E-state index in [1.54, 1.807) is 7.05 Å². The van der Waals surface area contributed by atoms with Gasteiger partial charge in [0.15, 0.2) is 5.96 Å². The molecule has 1 aliphatic heterocycles. The first-order valence-corrected chi connectivity index (χ1v) is 10.5. The van der Waals surface area contributed by atoms with Crippen molar-refractivity contribution < 1.29 is 9.53 Å². The molecule has 0 atom stereocenters. The van der Waals surface area contributed by atoms with E-state index in [0.717, 1.165) is 29.8 Å². The molecule has 0 aliphatic carbocycles. The van der Waals surface area contributed by atoms with Gasteiger partial charge >= 0.3 is 0 Å². The standard InChI is InChI=1S/C24H32N4O2/c1-17(2)30-22-13-18(3)9-10-20(22)14-26-24(25-4)27-15-23(29)28-12-11-19-7-5-6-8-21(19)16-28/h5-10,13,17H,11-12,14-16H2,1-4H3,(H2,25,26,27). The molecule has 0 saturated carbocycles. The van der Waals surface area contributed by atoms with Gasteiger partial charge in [-0.15, -0.1) is 0 Å². The van der Waals surface area contributed by atoms with Crippen LogP contribution in [0.3, 0.4) is 0 Å². The lowest BCUT2D eigenvalue weighted by atomic mass is 10.00. The zero-order valence-electron chi connectivity index (χ0n) is 18.4. The number of aliphatic imine (C=N–C) groups is 1. The summed E-state index contributed by atoms with van der Waals surface area (Å²) in [7, 11) is 1.71. The van der Waals surface area contributed by atoms with Crippen LogP contribution in [-0.2, 0) is 24.3 Å². The summed E-state index contributed by atoms with van der Waals surface area (Å²) in [5.74, 6) is 1.54. The van der Waals surface area contributed by atoms with Crippen molar-refractivity contribution >= 4 is 11.9 Å². The number of benzene rings is 2. The number of carbonyl (C=O) groups excluding carboxylic acids is 1. The molecule has 0 bridgehead atoms. The third-order valence-corrected chi connectivity index (χ3v) is 5.15. The SMILES string of the molecule is CN=C(NCC(=O)N1CCc2ccccc2C1)NCc1ccc(C)cc1OC(C)C. The summed E-state index contributed by atoms with van der Waals surface area (Å²) in [6.45, 7) is 8.29. The fourth-order valence-electron chi connectivity index (χ4n) is 3.55. The first-order valence-electron chi connectivity index (χ1n) is 10.5. The molecule has 0 saturated heterocycles. The van der Waals surface area contributed by atoms with E-state index in [1.165, 1.54) is 11.1 Å². The van der Waals surface area contributed by atoms with Gasteiger partial charge in [0.05, 0.1) is 12.6 Å². The highest BCUT2D eigenvalue weighted by Crippen LogP contribution is 2.21. The summed E-state index contributed by atoms with van der Waals surface area (Å²) in [5.41, 5.74) is 4.78. The van der Waals surface area contributed by atoms with E-state index in [2.05, 4.69) is 52.9 Å². The number of aryl methyl sites for hydroxylation is 1. The number of rotatable bonds is 6. The highest BCUT2D eigenvalue weighted by atomic mass is 16.5. The highest BCUT2D eigenvalue weighted by Gasteiger charge is 2.20. The fourth-order valence-corrected chi connectivity index (χ4v) is 3.55. The first kappa shape index (κ1) is 21.7. The van der Waals surface area contributed by atoms with E-state index in [9.17, 15) is 4.79 Å². The number of carbonyl (C=O) groups is 1. The van der Waals surface area contributed by atoms with Crippen molar-refractivity contribution in [1.82, 2.24) is 15.5 Å². The van der Waals surface area contributed by atoms with Crippen LogP contribution >= 0.6 is 0 Å². The molecule has 0 spiro atoms. The molecule has 0 unspecified atom stereocenters. The smallest absolute Gasteiger partial charge is 0.242 e. The van der Waals surface area contributed by atoms with Gasteiger partial charge in [0.25, 0.3) is 0 Å². The van der Waals surface area contributed by atoms with Gasteiger partial charge in [0, 0.05) is 32.2 Å². The molecule has 1 heterocycles. The average molecular weight is 409 g/mol. The van der Waals surface area contributed by atoms with Crippen LogP contribution < -0.4 is 15.4 Å². The Labute approximate surface area is 179 Å². The van der Waals surface area contributed by atoms with Crippen LogP contribution in [0.1, 0.15) is 36.1 Å². The molecule has 6 nitrogen and oxygen atoms in total. The van der Waals surface area contributed by atoms with Gasteiger partial charge in [0.1, 0.15) is 5.75 Å². The molecule has 0 aromatic heterocycles. The Morgan fingerprint density at radius 3 is 2.67 bits per heavy atom. The predicted molar refractivity (Wildman–Crippen MR) is 121 cm³/mol. The Hall–Kier alpha value is -3.02. The predicted octanol–water partition coefficient (Wildman–Crippen LogP) is 3.03. The van der Waals surface area contributed by atoms with Crippen molar-refractivity contribution in [3.63, 3.8) is 0 Å². The van der Waals surface area contributed by atoms with Crippen molar-refractivity contribution in [2.24, 2.45) is 4.99 Å². The van der Waals surface area contributed by atoms with Gasteiger partial charge in [-0.2, -0.15) is 0 Å². The van der Waals surface area contributed by atoms with E-state index in [4.69, 9.17) is 4.74 Å². The van der Waals surface area contributed by atoms with Gasteiger partial charge in [-0.25, -0.2) is 0 Å². The average Bonchev–Trinajstić information content (AvgIpc) is 2.74. The van der Waals surface area contributed by atoms with Crippen LogP contribution in [0.25, 0.3) is 0 Å². The third-order valence-electron chi connectivity index (χ3n) is 5.15. The van der Waals surface area contributed by atoms with Gasteiger partial charge in [-0.05, 0) is 49.9 Å². The van der Waals surface area contributed by atoms with Crippen molar-refractivity contribution in [3.05, 3.63) is 64.7 Å². The molecule has 3 rings (SSSR count). The van der Waals surface area contributed by atoms with E-state index >= 15 is 0 Å². The minimum Gasteiger partial charge on any atom is -0.491 e. The zero-order chi connectivity index (χ0) is 21.5. The molecular formula is C24H32N4O2. The Balaban J connectivity index is 1.53. The van der Waals surface area contributed by atoms with Gasteiger partial charge in [-0.1, -0.05) is 36.4 Å². The molecule has 1 aliphatic rings. The Kier molecular flexibility index (Phi) is 7.33. The van der Waals surface area contributed by atoms with Crippen LogP contribution in [0.5, 0.6) is 5.75 Å². The van der Waals surface area contributed by atoms with E-state index in [1.807, 2.05) is 30.9 Å². The zero-order valence-corrected chi connectivity index (χ0v) is 18.4. The van der Waals surface area contributed by atoms with Crippen molar-refractivity contribution in [3.8, 4) is 5.75 Å². The summed E-state index contributed by atoms with van der Waals surface area (Å²) in [6.07, 6.45) is 1.01. The second-order valence-corrected chi connectivity index (χ2v) is 7.89. The maximum absolute atomic E-state index is 12.7. The lowest BCUT2D eigenvalue weighted by Crippen LogP contribution is -2.45. The molecule has 2 aromatic rings. The molecule has 2 aromatic carbocycles. The molecular weight excluding hydrogens is 376 g/mol. The number of nitrogens with one attached hydrogen (secondary N) is 2. The molecule has 0 radical (unpaired) electrons. The Morgan fingerprint density at radius 1 is 1.17 bits per heavy atom. The second kappa shape index (κ2) is 10.1. The van der Waals surface area contributed by atoms with Crippen LogP contribution in [0, 0.1) is 6.92 Å². The maximum atomic E-state index is 12.7. The van der Waals surface area contributed by atoms with Gasteiger partial charge in [-0.3, -0.25) is 9.79 Å². The number of guanidine groups is 1. The number of amides is 1. The number of nitrogens with zero attached hydrogens (tertiary/aromatic N) is 2. The molecule has 0 fully saturated rings. The lowest BCUT2D eigenvalue weighted by molar-refractivity contribution is -0.130. The number of ether oxygens (including phenoxy) is 1. The topological polar surface area (TPSA) is 66.0 Å². The number of hydrogen-bond donors (Lipinski definition) is 2. The lowest BCUT2D eigenvalue weighted by Gasteiger charge is -2.29. The fraction of sp³-hybridized carbons (Fsp3) is 0.417. The third kappa shape index (κ3) is 5.75. The molecule has 2 N–H and O–H groups in total. The van der Waals surface area contributed by atoms with E-state index < -0.39 is 0 Å². The van der Waals surface area contributed by atoms with Crippen LogP contribution in [0.4, 0.5) is 0 Å². The van der Waals surface area contributed by atoms with Crippen molar-refractivity contribution in [2.75, 3.05) is 20.1 Å². The summed E-state index contributed by atoms with van der Waals surface area (Å²) in [4.78, 5) is 18.8. The molecule has 160 valence electrons. The van der Waals surface area contributed by atoms with Crippen molar-refractivity contribution in [2.45, 2.75) is 46.4 Å². The number of hydrogen-bond acceptors (Lipinski definition) is 3. The van der Waals surface area contributed by atoms with Crippen LogP contribution in [0.2, 0.25) is 0 Å². The van der Waals surface area contributed by atoms with E-state index in [0.29, 0.717) is 19.0 Å². The molecule has 1 amide bonds. The van der Waals surface area contributed by atoms with Gasteiger partial charge < -0.3 is 20.3 Å². The molecule has 6 heteroatoms. The normalized spacial score (nSPS) is 13.8.